The van der Waals surface area contributed by atoms with E-state index in [4.69, 9.17) is 0 Å². The first-order valence-electron chi connectivity index (χ1n) is 9.96. The van der Waals surface area contributed by atoms with Crippen molar-refractivity contribution in [2.75, 3.05) is 5.75 Å². The normalized spacial score (nSPS) is 13.3. The summed E-state index contributed by atoms with van der Waals surface area (Å²) in [5.74, 6) is 1.25. The molecular weight excluding hydrogens is 392 g/mol. The van der Waals surface area contributed by atoms with Crippen molar-refractivity contribution in [3.8, 4) is 22.5 Å². The third kappa shape index (κ3) is 3.91. The third-order valence-corrected chi connectivity index (χ3v) is 6.09. The number of benzene rings is 2. The molecule has 0 spiro atoms. The van der Waals surface area contributed by atoms with Crippen LogP contribution >= 0.6 is 11.8 Å². The molecule has 5 nitrogen and oxygen atoms in total. The lowest BCUT2D eigenvalue weighted by Crippen LogP contribution is -2.05. The first-order chi connectivity index (χ1) is 14.8. The van der Waals surface area contributed by atoms with Crippen molar-refractivity contribution >= 4 is 17.5 Å². The van der Waals surface area contributed by atoms with E-state index in [1.54, 1.807) is 12.4 Å². The molecule has 0 aliphatic heterocycles. The maximum Gasteiger partial charge on any atom is 0.192 e. The second-order valence-electron chi connectivity index (χ2n) is 7.30. The molecule has 1 fully saturated rings. The van der Waals surface area contributed by atoms with Gasteiger partial charge >= 0.3 is 0 Å². The summed E-state index contributed by atoms with van der Waals surface area (Å²) >= 11 is 1.45. The Morgan fingerprint density at radius 1 is 0.900 bits per heavy atom. The number of nitrogens with zero attached hydrogens (tertiary/aromatic N) is 4. The van der Waals surface area contributed by atoms with Crippen LogP contribution < -0.4 is 0 Å². The number of carbonyl (C=O) groups excluding carboxylic acids is 1. The average Bonchev–Trinajstić information content (AvgIpc) is 3.57. The van der Waals surface area contributed by atoms with Crippen molar-refractivity contribution in [3.63, 3.8) is 0 Å². The molecule has 5 rings (SSSR count). The van der Waals surface area contributed by atoms with Gasteiger partial charge in [-0.25, -0.2) is 0 Å². The zero-order chi connectivity index (χ0) is 20.3. The van der Waals surface area contributed by atoms with Crippen molar-refractivity contribution in [1.29, 1.82) is 0 Å². The monoisotopic (exact) mass is 412 g/mol. The lowest BCUT2D eigenvalue weighted by atomic mass is 10.0. The van der Waals surface area contributed by atoms with E-state index in [9.17, 15) is 4.79 Å². The van der Waals surface area contributed by atoms with Gasteiger partial charge in [-0.2, -0.15) is 0 Å². The summed E-state index contributed by atoms with van der Waals surface area (Å²) in [4.78, 5) is 16.9. The fourth-order valence-corrected chi connectivity index (χ4v) is 4.32. The maximum absolute atomic E-state index is 12.8. The third-order valence-electron chi connectivity index (χ3n) is 5.14. The molecule has 0 bridgehead atoms. The number of rotatable bonds is 7. The van der Waals surface area contributed by atoms with E-state index >= 15 is 0 Å². The van der Waals surface area contributed by atoms with E-state index < -0.39 is 0 Å². The van der Waals surface area contributed by atoms with E-state index in [2.05, 4.69) is 31.9 Å². The Kier molecular flexibility index (Phi) is 5.15. The molecular formula is C24H20N4OS. The van der Waals surface area contributed by atoms with Crippen LogP contribution in [0.1, 0.15) is 29.2 Å². The van der Waals surface area contributed by atoms with Crippen LogP contribution in [0.3, 0.4) is 0 Å². The Morgan fingerprint density at radius 2 is 1.63 bits per heavy atom. The highest BCUT2D eigenvalue weighted by Gasteiger charge is 2.30. The molecule has 4 aromatic rings. The van der Waals surface area contributed by atoms with Crippen LogP contribution in [0.25, 0.3) is 22.5 Å². The summed E-state index contributed by atoms with van der Waals surface area (Å²) in [7, 11) is 0. The first kappa shape index (κ1) is 18.8. The molecule has 1 aliphatic carbocycles. The number of pyridine rings is 1. The smallest absolute Gasteiger partial charge is 0.192 e. The van der Waals surface area contributed by atoms with Gasteiger partial charge in [-0.3, -0.25) is 14.3 Å². The lowest BCUT2D eigenvalue weighted by Gasteiger charge is -2.08. The van der Waals surface area contributed by atoms with E-state index in [1.165, 1.54) is 11.8 Å². The fraction of sp³-hybridized carbons (Fsp3) is 0.167. The highest BCUT2D eigenvalue weighted by Crippen LogP contribution is 2.41. The maximum atomic E-state index is 12.8. The van der Waals surface area contributed by atoms with Crippen LogP contribution in [0.4, 0.5) is 0 Å². The summed E-state index contributed by atoms with van der Waals surface area (Å²) in [6.45, 7) is 0. The van der Waals surface area contributed by atoms with Gasteiger partial charge in [0.2, 0.25) is 0 Å². The first-order valence-corrected chi connectivity index (χ1v) is 10.9. The predicted octanol–water partition coefficient (Wildman–Crippen LogP) is 5.32. The van der Waals surface area contributed by atoms with Crippen molar-refractivity contribution in [1.82, 2.24) is 19.7 Å². The molecule has 0 unspecified atom stereocenters. The Labute approximate surface area is 179 Å². The Bertz CT molecular complexity index is 1150. The standard InChI is InChI=1S/C24H20N4OS/c29-22(19-10-8-18(9-11-19)17-5-2-1-3-6-17)16-30-24-27-26-23(28(24)21-12-13-21)20-7-4-14-25-15-20/h1-11,14-15,21H,12-13,16H2. The fourth-order valence-electron chi connectivity index (χ4n) is 3.42. The van der Waals surface area contributed by atoms with Gasteiger partial charge in [0.1, 0.15) is 0 Å². The van der Waals surface area contributed by atoms with Gasteiger partial charge in [0.15, 0.2) is 16.8 Å². The topological polar surface area (TPSA) is 60.7 Å². The molecule has 2 aromatic heterocycles. The number of hydrogen-bond donors (Lipinski definition) is 0. The van der Waals surface area contributed by atoms with Gasteiger partial charge in [0, 0.05) is 29.6 Å². The van der Waals surface area contributed by atoms with E-state index in [0.29, 0.717) is 17.4 Å². The van der Waals surface area contributed by atoms with Gasteiger partial charge in [0.05, 0.1) is 5.75 Å². The van der Waals surface area contributed by atoms with Gasteiger partial charge in [0.25, 0.3) is 0 Å². The molecule has 2 heterocycles. The minimum absolute atomic E-state index is 0.0906. The zero-order valence-corrected chi connectivity index (χ0v) is 17.1. The van der Waals surface area contributed by atoms with Crippen LogP contribution in [-0.2, 0) is 0 Å². The van der Waals surface area contributed by atoms with Crippen molar-refractivity contribution in [3.05, 3.63) is 84.7 Å². The van der Waals surface area contributed by atoms with Crippen LogP contribution in [0.2, 0.25) is 0 Å². The SMILES string of the molecule is O=C(CSc1nnc(-c2cccnc2)n1C1CC1)c1ccc(-c2ccccc2)cc1. The molecule has 30 heavy (non-hydrogen) atoms. The zero-order valence-electron chi connectivity index (χ0n) is 16.3. The number of hydrogen-bond acceptors (Lipinski definition) is 5. The van der Waals surface area contributed by atoms with Crippen LogP contribution in [-0.4, -0.2) is 31.3 Å². The molecule has 148 valence electrons. The van der Waals surface area contributed by atoms with Crippen LogP contribution in [0.5, 0.6) is 0 Å². The van der Waals surface area contributed by atoms with Gasteiger partial charge in [-0.05, 0) is 36.1 Å². The molecule has 6 heteroatoms. The number of carbonyl (C=O) groups is 1. The molecule has 1 saturated carbocycles. The molecule has 0 N–H and O–H groups in total. The molecule has 0 atom stereocenters. The summed E-state index contributed by atoms with van der Waals surface area (Å²) in [5.41, 5.74) is 3.92. The number of Topliss-reactive ketones (excluding diaryl/α,β-unsaturated/α-hetero) is 1. The summed E-state index contributed by atoms with van der Waals surface area (Å²) in [6, 6.07) is 22.3. The van der Waals surface area contributed by atoms with Gasteiger partial charge in [-0.15, -0.1) is 10.2 Å². The van der Waals surface area contributed by atoms with E-state index in [1.807, 2.05) is 54.6 Å². The second kappa shape index (κ2) is 8.24. The summed E-state index contributed by atoms with van der Waals surface area (Å²) < 4.78 is 2.16. The minimum atomic E-state index is 0.0906. The van der Waals surface area contributed by atoms with Gasteiger partial charge < -0.3 is 0 Å². The minimum Gasteiger partial charge on any atom is -0.299 e. The number of ketones is 1. The van der Waals surface area contributed by atoms with Gasteiger partial charge in [-0.1, -0.05) is 66.4 Å². The van der Waals surface area contributed by atoms with Crippen molar-refractivity contribution < 1.29 is 4.79 Å². The Hall–Kier alpha value is -3.25. The lowest BCUT2D eigenvalue weighted by molar-refractivity contribution is 0.102. The van der Waals surface area contributed by atoms with Crippen molar-refractivity contribution in [2.24, 2.45) is 0 Å². The van der Waals surface area contributed by atoms with Crippen LogP contribution in [0.15, 0.2) is 84.3 Å². The predicted molar refractivity (Wildman–Crippen MR) is 118 cm³/mol. The molecule has 2 aromatic carbocycles. The molecule has 0 saturated heterocycles. The Morgan fingerprint density at radius 3 is 2.33 bits per heavy atom. The average molecular weight is 413 g/mol. The van der Waals surface area contributed by atoms with E-state index in [0.717, 1.165) is 40.5 Å². The number of thioether (sulfide) groups is 1. The quantitative estimate of drug-likeness (QED) is 0.304. The molecule has 1 aliphatic rings. The van der Waals surface area contributed by atoms with Crippen LogP contribution in [0, 0.1) is 0 Å². The highest BCUT2D eigenvalue weighted by molar-refractivity contribution is 7.99. The largest absolute Gasteiger partial charge is 0.299 e. The van der Waals surface area contributed by atoms with E-state index in [-0.39, 0.29) is 5.78 Å². The van der Waals surface area contributed by atoms with Crippen molar-refractivity contribution in [2.45, 2.75) is 24.0 Å². The second-order valence-corrected chi connectivity index (χ2v) is 8.25. The highest BCUT2D eigenvalue weighted by atomic mass is 32.2. The number of aromatic nitrogens is 4. The molecule has 0 amide bonds. The molecule has 0 radical (unpaired) electrons. The summed E-state index contributed by atoms with van der Waals surface area (Å²) in [6.07, 6.45) is 5.79. The Balaban J connectivity index is 1.31. The summed E-state index contributed by atoms with van der Waals surface area (Å²) in [5, 5.41) is 9.55.